The Bertz CT molecular complexity index is 2370. The van der Waals surface area contributed by atoms with Crippen LogP contribution in [-0.4, -0.2) is 148 Å². The van der Waals surface area contributed by atoms with Crippen LogP contribution >= 0.6 is 34.2 Å². The molecule has 2 unspecified atom stereocenters. The molecule has 4 aliphatic rings. The van der Waals surface area contributed by atoms with E-state index in [1.807, 2.05) is 43.3 Å². The van der Waals surface area contributed by atoms with Crippen molar-refractivity contribution in [2.45, 2.75) is 116 Å². The van der Waals surface area contributed by atoms with Gasteiger partial charge in [0, 0.05) is 70.2 Å². The molecule has 7 rings (SSSR count). The molecule has 4 fully saturated rings. The first kappa shape index (κ1) is 58.5. The summed E-state index contributed by atoms with van der Waals surface area (Å²) in [6, 6.07) is 22.1. The molecule has 0 bridgehead atoms. The first-order valence-electron chi connectivity index (χ1n) is 27.1. The molecule has 2 saturated heterocycles. The molecule has 3 aromatic rings. The summed E-state index contributed by atoms with van der Waals surface area (Å²) in [4.78, 5) is 45.6. The van der Waals surface area contributed by atoms with Crippen LogP contribution in [0, 0.1) is 33.5 Å². The van der Waals surface area contributed by atoms with Gasteiger partial charge in [-0.25, -0.2) is 0 Å². The molecule has 0 radical (unpaired) electrons. The average Bonchev–Trinajstić information content (AvgIpc) is 3.83. The van der Waals surface area contributed by atoms with Crippen LogP contribution in [0.25, 0.3) is 0 Å². The van der Waals surface area contributed by atoms with E-state index in [0.29, 0.717) is 74.7 Å². The highest BCUT2D eigenvalue weighted by molar-refractivity contribution is 14.1. The lowest BCUT2D eigenvalue weighted by atomic mass is 9.49. The number of likely N-dealkylation sites (N-methyl/N-ethyl adjacent to an activating group) is 1. The number of nitriles is 1. The summed E-state index contributed by atoms with van der Waals surface area (Å²) >= 11 is 8.78. The average molecular weight is 1170 g/mol. The van der Waals surface area contributed by atoms with Crippen molar-refractivity contribution >= 4 is 57.6 Å². The quantitative estimate of drug-likeness (QED) is 0.0327. The Balaban J connectivity index is 0.715. The molecule has 0 spiro atoms. The summed E-state index contributed by atoms with van der Waals surface area (Å²) in [5, 5.41) is 22.4. The second-order valence-corrected chi connectivity index (χ2v) is 23.3. The molecule has 0 aromatic heterocycles. The van der Waals surface area contributed by atoms with Gasteiger partial charge < -0.3 is 54.8 Å². The standard InChI is InChI=1S/C58H81ClIN7O8/c1-40(62-6)51(68)64-50(42-10-8-7-9-11-42)53(70)67-28-24-58(39-60)23-27-66(38-49(58)67)26-22-41-12-19-46(20-13-41)74-35-34-73-33-32-72-31-30-71-29-25-63-45-17-14-43(15-18-45)52(69)65-54-56(2,3)55(57(54,4)5)75-47-21-16-44(37-61)48(59)36-47/h12-21,36,40,42,49-50,54-55,62-63H,7-11,22-35,38-39H2,1-6H3,(H,64,68)(H,65,69)/t40-,49?,50-,54?,55?,58?/m0/s1. The second-order valence-electron chi connectivity index (χ2n) is 22.1. The van der Waals surface area contributed by atoms with Gasteiger partial charge >= 0.3 is 0 Å². The van der Waals surface area contributed by atoms with Gasteiger partial charge in [-0.1, -0.05) is 93.3 Å². The third-order valence-electron chi connectivity index (χ3n) is 16.4. The minimum absolute atomic E-state index is 0.0964. The predicted molar refractivity (Wildman–Crippen MR) is 302 cm³/mol. The lowest BCUT2D eigenvalue weighted by molar-refractivity contribution is -0.164. The van der Waals surface area contributed by atoms with Crippen LogP contribution in [0.5, 0.6) is 11.5 Å². The summed E-state index contributed by atoms with van der Waals surface area (Å²) in [7, 11) is 1.78. The molecular weight excluding hydrogens is 1090 g/mol. The Morgan fingerprint density at radius 3 is 2.12 bits per heavy atom. The van der Waals surface area contributed by atoms with Crippen LogP contribution in [0.4, 0.5) is 5.69 Å². The number of nitrogens with one attached hydrogen (secondary N) is 4. The summed E-state index contributed by atoms with van der Waals surface area (Å²) < 4.78 is 30.5. The van der Waals surface area contributed by atoms with E-state index >= 15 is 0 Å². The fourth-order valence-corrected chi connectivity index (χ4v) is 13.5. The van der Waals surface area contributed by atoms with Gasteiger partial charge in [0.2, 0.25) is 11.8 Å². The van der Waals surface area contributed by atoms with E-state index in [-0.39, 0.29) is 64.1 Å². The number of ether oxygens (including phenoxy) is 5. The van der Waals surface area contributed by atoms with E-state index in [4.69, 9.17) is 35.3 Å². The van der Waals surface area contributed by atoms with E-state index in [9.17, 15) is 19.6 Å². The normalized spacial score (nSPS) is 23.0. The fraction of sp³-hybridized carbons (Fsp3) is 0.621. The topological polar surface area (TPSA) is 176 Å². The van der Waals surface area contributed by atoms with Crippen LogP contribution < -0.4 is 30.7 Å². The molecular formula is C58H81ClIN7O8. The highest BCUT2D eigenvalue weighted by Crippen LogP contribution is 2.56. The number of carbonyl (C=O) groups is 3. The van der Waals surface area contributed by atoms with Crippen molar-refractivity contribution in [3.8, 4) is 17.6 Å². The van der Waals surface area contributed by atoms with Crippen molar-refractivity contribution in [3.05, 3.63) is 88.4 Å². The number of anilines is 1. The molecule has 410 valence electrons. The van der Waals surface area contributed by atoms with Crippen molar-refractivity contribution in [3.63, 3.8) is 0 Å². The van der Waals surface area contributed by atoms with Crippen LogP contribution in [-0.2, 0) is 30.2 Å². The van der Waals surface area contributed by atoms with Crippen LogP contribution in [0.2, 0.25) is 5.02 Å². The third kappa shape index (κ3) is 14.9. The van der Waals surface area contributed by atoms with Crippen molar-refractivity contribution in [1.29, 1.82) is 5.26 Å². The molecule has 2 aliphatic heterocycles. The number of hydrogen-bond acceptors (Lipinski definition) is 12. The number of carbonyl (C=O) groups excluding carboxylic acids is 3. The molecule has 17 heteroatoms. The number of fused-ring (bicyclic) bond motifs is 1. The minimum Gasteiger partial charge on any atom is -0.491 e. The summed E-state index contributed by atoms with van der Waals surface area (Å²) in [5.41, 5.74) is 2.54. The Morgan fingerprint density at radius 2 is 1.48 bits per heavy atom. The largest absolute Gasteiger partial charge is 0.491 e. The van der Waals surface area contributed by atoms with Crippen molar-refractivity contribution < 1.29 is 38.1 Å². The van der Waals surface area contributed by atoms with Gasteiger partial charge in [-0.15, -0.1) is 0 Å². The first-order chi connectivity index (χ1) is 36.1. The van der Waals surface area contributed by atoms with E-state index in [1.165, 1.54) is 12.0 Å². The summed E-state index contributed by atoms with van der Waals surface area (Å²) in [6.07, 6.45) is 8.27. The second kappa shape index (κ2) is 27.4. The number of piperidine rings is 1. The number of likely N-dealkylation sites (tertiary alicyclic amines) is 2. The van der Waals surface area contributed by atoms with E-state index in [1.54, 1.807) is 25.2 Å². The molecule has 2 aliphatic carbocycles. The highest BCUT2D eigenvalue weighted by atomic mass is 127. The lowest BCUT2D eigenvalue weighted by Gasteiger charge is -2.63. The van der Waals surface area contributed by atoms with Crippen molar-refractivity contribution in [1.82, 2.24) is 25.8 Å². The smallest absolute Gasteiger partial charge is 0.251 e. The van der Waals surface area contributed by atoms with Gasteiger partial charge in [-0.3, -0.25) is 14.4 Å². The van der Waals surface area contributed by atoms with Gasteiger partial charge in [-0.05, 0) is 113 Å². The molecule has 2 heterocycles. The zero-order valence-corrected chi connectivity index (χ0v) is 47.9. The number of rotatable bonds is 27. The van der Waals surface area contributed by atoms with Gasteiger partial charge in [0.15, 0.2) is 0 Å². The Morgan fingerprint density at radius 1 is 0.840 bits per heavy atom. The minimum atomic E-state index is -0.458. The van der Waals surface area contributed by atoms with Gasteiger partial charge in [0.05, 0.1) is 62.3 Å². The van der Waals surface area contributed by atoms with Gasteiger partial charge in [0.1, 0.15) is 36.3 Å². The zero-order chi connectivity index (χ0) is 53.6. The van der Waals surface area contributed by atoms with Crippen LogP contribution in [0.1, 0.15) is 101 Å². The molecule has 3 aromatic carbocycles. The monoisotopic (exact) mass is 1170 g/mol. The Hall–Kier alpha value is -4.22. The molecule has 3 amide bonds. The molecule has 75 heavy (non-hydrogen) atoms. The van der Waals surface area contributed by atoms with Gasteiger partial charge in [0.25, 0.3) is 5.91 Å². The zero-order valence-electron chi connectivity index (χ0n) is 45.0. The maximum absolute atomic E-state index is 14.5. The van der Waals surface area contributed by atoms with E-state index in [2.05, 4.69) is 99.6 Å². The number of benzene rings is 3. The van der Waals surface area contributed by atoms with Crippen LogP contribution in [0.15, 0.2) is 66.7 Å². The summed E-state index contributed by atoms with van der Waals surface area (Å²) in [5.74, 6) is 1.48. The van der Waals surface area contributed by atoms with Gasteiger partial charge in [-0.2, -0.15) is 5.26 Å². The fourth-order valence-electron chi connectivity index (χ4n) is 12.0. The van der Waals surface area contributed by atoms with E-state index in [0.717, 1.165) is 87.0 Å². The third-order valence-corrected chi connectivity index (χ3v) is 18.2. The Labute approximate surface area is 464 Å². The first-order valence-corrected chi connectivity index (χ1v) is 29.0. The van der Waals surface area contributed by atoms with Crippen molar-refractivity contribution in [2.75, 3.05) is 95.8 Å². The SMILES string of the molecule is CN[C@@H](C)C(=O)N[C@H](C(=O)N1CCC2(CI)CCN(CCc3ccc(OCCOCCOCCOCCNc4ccc(C(=O)NC5C(C)(C)C(Oc6ccc(C#N)c(Cl)c6)C5(C)C)cc4)cc3)CC12)C1CCCCC1. The molecule has 2 saturated carbocycles. The summed E-state index contributed by atoms with van der Waals surface area (Å²) in [6.45, 7) is 17.7. The number of hydrogen-bond donors (Lipinski definition) is 4. The molecule has 4 N–H and O–H groups in total. The lowest BCUT2D eigenvalue weighted by Crippen LogP contribution is -2.74. The molecule has 4 atom stereocenters. The number of halogens is 2. The molecule has 15 nitrogen and oxygen atoms in total. The number of nitrogens with zero attached hydrogens (tertiary/aromatic N) is 3. The van der Waals surface area contributed by atoms with Crippen LogP contribution in [0.3, 0.4) is 0 Å². The van der Waals surface area contributed by atoms with E-state index < -0.39 is 6.04 Å². The number of alkyl halides is 1. The predicted octanol–water partition coefficient (Wildman–Crippen LogP) is 8.31. The maximum atomic E-state index is 14.5. The van der Waals surface area contributed by atoms with Crippen molar-refractivity contribution in [2.24, 2.45) is 22.2 Å². The number of amides is 3. The maximum Gasteiger partial charge on any atom is 0.251 e. The highest BCUT2D eigenvalue weighted by Gasteiger charge is 2.64. The Kier molecular flexibility index (Phi) is 21.4.